The van der Waals surface area contributed by atoms with Gasteiger partial charge in [0, 0.05) is 11.6 Å². The number of hydrogen-bond donors (Lipinski definition) is 2. The fourth-order valence-corrected chi connectivity index (χ4v) is 5.60. The highest BCUT2D eigenvalue weighted by atomic mass is 35.5. The molecule has 0 saturated heterocycles. The molecule has 0 aromatic heterocycles. The van der Waals surface area contributed by atoms with Crippen LogP contribution in [0.1, 0.15) is 48.2 Å². The van der Waals surface area contributed by atoms with E-state index in [9.17, 15) is 18.8 Å². The third kappa shape index (κ3) is 7.29. The lowest BCUT2D eigenvalue weighted by Gasteiger charge is -2.19. The molecule has 228 valence electrons. The summed E-state index contributed by atoms with van der Waals surface area (Å²) in [5.74, 6) is -6.23. The number of hydrogen-bond acceptors (Lipinski definition) is 5. The second-order valence-electron chi connectivity index (χ2n) is 10.7. The first-order valence-corrected chi connectivity index (χ1v) is 14.4. The van der Waals surface area contributed by atoms with Crippen molar-refractivity contribution in [1.29, 1.82) is 0 Å². The van der Waals surface area contributed by atoms with Gasteiger partial charge in [-0.2, -0.15) is 0 Å². The van der Waals surface area contributed by atoms with Gasteiger partial charge in [0.05, 0.1) is 26.5 Å². The minimum Gasteiger partial charge on any atom is -0.428 e. The lowest BCUT2D eigenvalue weighted by Crippen LogP contribution is -2.26. The van der Waals surface area contributed by atoms with Gasteiger partial charge in [0.2, 0.25) is 5.91 Å². The number of halogens is 7. The second kappa shape index (κ2) is 12.3. The molecule has 2 amide bonds. The molecule has 1 fully saturated rings. The smallest absolute Gasteiger partial charge is 0.428 e. The summed E-state index contributed by atoms with van der Waals surface area (Å²) in [5.41, 5.74) is -0.927. The van der Waals surface area contributed by atoms with Crippen molar-refractivity contribution in [2.45, 2.75) is 43.5 Å². The Morgan fingerprint density at radius 1 is 0.930 bits per heavy atom. The summed E-state index contributed by atoms with van der Waals surface area (Å²) in [6.07, 6.45) is -1.23. The molecule has 2 atom stereocenters. The van der Waals surface area contributed by atoms with Gasteiger partial charge in [0.1, 0.15) is 21.4 Å². The van der Waals surface area contributed by atoms with Crippen LogP contribution in [0.2, 0.25) is 15.1 Å². The quantitative estimate of drug-likeness (QED) is 0.152. The molecular formula is C29H23Cl5F2N2O5. The Morgan fingerprint density at radius 2 is 1.60 bits per heavy atom. The summed E-state index contributed by atoms with van der Waals surface area (Å²) in [6, 6.07) is 9.18. The highest BCUT2D eigenvalue weighted by Crippen LogP contribution is 2.65. The summed E-state index contributed by atoms with van der Waals surface area (Å²) < 4.78 is 38.1. The van der Waals surface area contributed by atoms with Gasteiger partial charge < -0.3 is 20.1 Å². The number of carbonyl (C=O) groups is 3. The van der Waals surface area contributed by atoms with Crippen molar-refractivity contribution in [3.8, 4) is 5.75 Å². The molecule has 3 aromatic carbocycles. The molecule has 43 heavy (non-hydrogen) atoms. The first-order chi connectivity index (χ1) is 19.9. The molecule has 1 aliphatic rings. The maximum atomic E-state index is 15.1. The topological polar surface area (TPSA) is 93.7 Å². The second-order valence-corrected chi connectivity index (χ2v) is 13.3. The average Bonchev–Trinajstić information content (AvgIpc) is 3.47. The van der Waals surface area contributed by atoms with Crippen molar-refractivity contribution < 1.29 is 32.6 Å². The molecule has 2 N–H and O–H groups in total. The van der Waals surface area contributed by atoms with Crippen LogP contribution in [-0.2, 0) is 9.53 Å². The SMILES string of the molecule is Cc1cc(NC(=O)[C@H]2[C@H](c3ccc(Cl)c(Cl)c3)C2(Cl)Cl)cc(C(=O)Nc2c(F)ccc(OC(=O)OC(C)(C)C)c2F)c1Cl. The average molecular weight is 695 g/mol. The van der Waals surface area contributed by atoms with Crippen LogP contribution in [0.15, 0.2) is 42.5 Å². The van der Waals surface area contributed by atoms with E-state index < -0.39 is 62.8 Å². The van der Waals surface area contributed by atoms with E-state index in [0.29, 0.717) is 16.1 Å². The van der Waals surface area contributed by atoms with Crippen LogP contribution in [-0.4, -0.2) is 27.9 Å². The van der Waals surface area contributed by atoms with E-state index in [0.717, 1.165) is 12.1 Å². The zero-order valence-corrected chi connectivity index (χ0v) is 26.7. The van der Waals surface area contributed by atoms with Crippen molar-refractivity contribution in [3.63, 3.8) is 0 Å². The van der Waals surface area contributed by atoms with Gasteiger partial charge in [0.15, 0.2) is 11.6 Å². The molecule has 0 bridgehead atoms. The van der Waals surface area contributed by atoms with Crippen LogP contribution in [0.5, 0.6) is 5.75 Å². The Bertz CT molecular complexity index is 1640. The van der Waals surface area contributed by atoms with Gasteiger partial charge in [-0.1, -0.05) is 40.9 Å². The molecule has 0 heterocycles. The van der Waals surface area contributed by atoms with Gasteiger partial charge in [-0.25, -0.2) is 13.6 Å². The molecule has 14 heteroatoms. The number of amides is 2. The van der Waals surface area contributed by atoms with E-state index in [4.69, 9.17) is 67.5 Å². The van der Waals surface area contributed by atoms with E-state index >= 15 is 4.39 Å². The molecule has 0 spiro atoms. The molecule has 7 nitrogen and oxygen atoms in total. The first-order valence-electron chi connectivity index (χ1n) is 12.5. The number of alkyl halides is 2. The van der Waals surface area contributed by atoms with Crippen LogP contribution < -0.4 is 15.4 Å². The number of aryl methyl sites for hydroxylation is 1. The first kappa shape index (κ1) is 33.1. The Balaban J connectivity index is 1.54. The lowest BCUT2D eigenvalue weighted by molar-refractivity contribution is -0.117. The molecule has 0 unspecified atom stereocenters. The highest BCUT2D eigenvalue weighted by Gasteiger charge is 2.67. The van der Waals surface area contributed by atoms with Gasteiger partial charge >= 0.3 is 6.16 Å². The van der Waals surface area contributed by atoms with Crippen LogP contribution in [0.3, 0.4) is 0 Å². The molecule has 1 saturated carbocycles. The van der Waals surface area contributed by atoms with Crippen molar-refractivity contribution in [3.05, 3.63) is 85.9 Å². The monoisotopic (exact) mass is 692 g/mol. The van der Waals surface area contributed by atoms with E-state index in [-0.39, 0.29) is 21.3 Å². The number of benzene rings is 3. The fraction of sp³-hybridized carbons (Fsp3) is 0.276. The van der Waals surface area contributed by atoms with Crippen LogP contribution in [0, 0.1) is 24.5 Å². The van der Waals surface area contributed by atoms with Crippen LogP contribution >= 0.6 is 58.0 Å². The predicted molar refractivity (Wildman–Crippen MR) is 163 cm³/mol. The van der Waals surface area contributed by atoms with E-state index in [1.807, 2.05) is 0 Å². The van der Waals surface area contributed by atoms with Gasteiger partial charge in [0.25, 0.3) is 5.91 Å². The van der Waals surface area contributed by atoms with Crippen molar-refractivity contribution in [1.82, 2.24) is 0 Å². The molecule has 4 rings (SSSR count). The summed E-state index contributed by atoms with van der Waals surface area (Å²) in [5, 5.41) is 5.32. The maximum Gasteiger partial charge on any atom is 0.514 e. The normalized spacial score (nSPS) is 17.2. The zero-order valence-electron chi connectivity index (χ0n) is 22.9. The predicted octanol–water partition coefficient (Wildman–Crippen LogP) is 9.33. The van der Waals surface area contributed by atoms with Crippen LogP contribution in [0.4, 0.5) is 25.0 Å². The Morgan fingerprint density at radius 3 is 2.23 bits per heavy atom. The largest absolute Gasteiger partial charge is 0.514 e. The number of rotatable bonds is 6. The van der Waals surface area contributed by atoms with E-state index in [2.05, 4.69) is 10.6 Å². The summed E-state index contributed by atoms with van der Waals surface area (Å²) in [6.45, 7) is 6.28. The fourth-order valence-electron chi connectivity index (χ4n) is 4.27. The molecule has 0 radical (unpaired) electrons. The summed E-state index contributed by atoms with van der Waals surface area (Å²) in [4.78, 5) is 38.3. The third-order valence-corrected chi connectivity index (χ3v) is 8.46. The van der Waals surface area contributed by atoms with Crippen LogP contribution in [0.25, 0.3) is 0 Å². The number of anilines is 2. The van der Waals surface area contributed by atoms with Crippen molar-refractivity contribution in [2.75, 3.05) is 10.6 Å². The molecule has 3 aromatic rings. The van der Waals surface area contributed by atoms with Gasteiger partial charge in [-0.05, 0) is 75.2 Å². The van der Waals surface area contributed by atoms with E-state index in [1.54, 1.807) is 45.9 Å². The van der Waals surface area contributed by atoms with Gasteiger partial charge in [-0.3, -0.25) is 9.59 Å². The maximum absolute atomic E-state index is 15.1. The van der Waals surface area contributed by atoms with Crippen molar-refractivity contribution >= 4 is 87.3 Å². The highest BCUT2D eigenvalue weighted by molar-refractivity contribution is 6.53. The number of carbonyl (C=O) groups excluding carboxylic acids is 3. The Hall–Kier alpha value is -2.82. The molecular weight excluding hydrogens is 672 g/mol. The molecule has 0 aliphatic heterocycles. The Labute approximate surface area is 270 Å². The zero-order chi connectivity index (χ0) is 32.0. The van der Waals surface area contributed by atoms with Gasteiger partial charge in [-0.15, -0.1) is 23.2 Å². The van der Waals surface area contributed by atoms with Crippen molar-refractivity contribution in [2.24, 2.45) is 5.92 Å². The standard InChI is InChI=1S/C29H23Cl5F2N2O5/c1-12-9-14(37-26(40)21-20(29(21,33)34)13-5-6-16(30)17(31)10-13)11-15(22(12)32)25(39)38-24-18(35)7-8-19(23(24)36)42-27(41)43-28(2,3)4/h5-11,20-21H,1-4H3,(H,37,40)(H,38,39)/t20-,21+/m0/s1. The molecule has 1 aliphatic carbocycles. The summed E-state index contributed by atoms with van der Waals surface area (Å²) in [7, 11) is 0. The lowest BCUT2D eigenvalue weighted by atomic mass is 10.1. The number of ether oxygens (including phenoxy) is 2. The third-order valence-electron chi connectivity index (χ3n) is 6.28. The number of nitrogens with one attached hydrogen (secondary N) is 2. The Kier molecular flexibility index (Phi) is 9.45. The minimum absolute atomic E-state index is 0.0402. The van der Waals surface area contributed by atoms with E-state index in [1.165, 1.54) is 12.1 Å². The summed E-state index contributed by atoms with van der Waals surface area (Å²) >= 11 is 31.3. The minimum atomic E-state index is -1.44.